The molecule has 33 heavy (non-hydrogen) atoms. The molecule has 1 amide bonds. The first-order valence-corrected chi connectivity index (χ1v) is 12.1. The van der Waals surface area contributed by atoms with Crippen LogP contribution in [0, 0.1) is 6.92 Å². The number of hydrogen-bond acceptors (Lipinski definition) is 6. The number of amides is 1. The first kappa shape index (κ1) is 21.7. The van der Waals surface area contributed by atoms with Crippen LogP contribution in [0.2, 0.25) is 0 Å². The summed E-state index contributed by atoms with van der Waals surface area (Å²) in [6.45, 7) is 8.27. The van der Waals surface area contributed by atoms with Gasteiger partial charge in [-0.3, -0.25) is 9.69 Å². The zero-order valence-electron chi connectivity index (χ0n) is 19.0. The lowest BCUT2D eigenvalue weighted by atomic mass is 9.99. The number of nitrogens with zero attached hydrogens (tertiary/aromatic N) is 1. The molecule has 0 aliphatic carbocycles. The van der Waals surface area contributed by atoms with Crippen molar-refractivity contribution in [1.29, 1.82) is 0 Å². The number of anilines is 1. The van der Waals surface area contributed by atoms with Crippen LogP contribution in [-0.4, -0.2) is 29.4 Å². The molecule has 7 heteroatoms. The minimum atomic E-state index is -0.393. The second-order valence-corrected chi connectivity index (χ2v) is 10.0. The van der Waals surface area contributed by atoms with Gasteiger partial charge in [0.25, 0.3) is 5.91 Å². The van der Waals surface area contributed by atoms with E-state index in [0.717, 1.165) is 41.2 Å². The van der Waals surface area contributed by atoms with Gasteiger partial charge in [0, 0.05) is 24.0 Å². The largest absolute Gasteiger partial charge is 0.423 e. The Hall–Kier alpha value is -3.16. The predicted octanol–water partition coefficient (Wildman–Crippen LogP) is 4.90. The Morgan fingerprint density at radius 3 is 2.52 bits per heavy atom. The van der Waals surface area contributed by atoms with Gasteiger partial charge in [-0.15, -0.1) is 11.3 Å². The summed E-state index contributed by atoms with van der Waals surface area (Å²) in [6, 6.07) is 15.0. The van der Waals surface area contributed by atoms with E-state index < -0.39 is 5.97 Å². The summed E-state index contributed by atoms with van der Waals surface area (Å²) in [4.78, 5) is 29.1. The van der Waals surface area contributed by atoms with Gasteiger partial charge in [0.15, 0.2) is 0 Å². The minimum absolute atomic E-state index is 0.0286. The van der Waals surface area contributed by atoms with Gasteiger partial charge in [-0.1, -0.05) is 29.8 Å². The Labute approximate surface area is 197 Å². The third-order valence-electron chi connectivity index (χ3n) is 6.31. The molecule has 1 aromatic heterocycles. The maximum absolute atomic E-state index is 13.0. The molecule has 0 unspecified atom stereocenters. The lowest BCUT2D eigenvalue weighted by Gasteiger charge is -2.31. The second-order valence-electron chi connectivity index (χ2n) is 8.90. The van der Waals surface area contributed by atoms with Gasteiger partial charge in [-0.05, 0) is 62.6 Å². The van der Waals surface area contributed by atoms with E-state index in [0.29, 0.717) is 17.4 Å². The lowest BCUT2D eigenvalue weighted by molar-refractivity contribution is 0.0734. The molecule has 2 N–H and O–H groups in total. The number of thiophene rings is 1. The van der Waals surface area contributed by atoms with Crippen LogP contribution in [0.5, 0.6) is 5.75 Å². The van der Waals surface area contributed by atoms with E-state index in [4.69, 9.17) is 4.74 Å². The summed E-state index contributed by atoms with van der Waals surface area (Å²) in [6.07, 6.45) is 0.577. The number of carbonyl (C=O) groups excluding carboxylic acids is 2. The normalized spacial score (nSPS) is 17.7. The number of esters is 1. The molecule has 2 aliphatic rings. The number of ether oxygens (including phenoxy) is 1. The van der Waals surface area contributed by atoms with Crippen molar-refractivity contribution in [3.05, 3.63) is 81.2 Å². The molecule has 0 bridgehead atoms. The molecule has 3 heterocycles. The smallest absolute Gasteiger partial charge is 0.343 e. The Bertz CT molecular complexity index is 1200. The first-order chi connectivity index (χ1) is 15.9. The van der Waals surface area contributed by atoms with Crippen molar-refractivity contribution >= 4 is 28.2 Å². The third-order valence-corrected chi connectivity index (χ3v) is 7.45. The standard InChI is InChI=1S/C26H27N3O3S/c1-15(2)29-13-12-20-21(14-29)33-25-22(20)24(30)27-23(28-25)17-8-10-19(11-9-17)32-26(31)18-6-4-16(3)5-7-18/h4-11,15,23,28H,12-14H2,1-3H3,(H,27,30)/t23-/m1/s1. The number of benzene rings is 2. The van der Waals surface area contributed by atoms with Crippen LogP contribution in [0.15, 0.2) is 48.5 Å². The van der Waals surface area contributed by atoms with Crippen LogP contribution in [0.4, 0.5) is 5.00 Å². The fraction of sp³-hybridized carbons (Fsp3) is 0.308. The molecule has 1 atom stereocenters. The lowest BCUT2D eigenvalue weighted by Crippen LogP contribution is -2.39. The second kappa shape index (κ2) is 8.65. The molecule has 0 saturated carbocycles. The topological polar surface area (TPSA) is 70.7 Å². The molecule has 170 valence electrons. The highest BCUT2D eigenvalue weighted by Crippen LogP contribution is 2.41. The fourth-order valence-corrected chi connectivity index (χ4v) is 5.63. The molecule has 2 aliphatic heterocycles. The number of carbonyl (C=O) groups is 2. The van der Waals surface area contributed by atoms with Gasteiger partial charge in [-0.25, -0.2) is 4.79 Å². The van der Waals surface area contributed by atoms with E-state index in [9.17, 15) is 9.59 Å². The van der Waals surface area contributed by atoms with E-state index in [-0.39, 0.29) is 12.1 Å². The van der Waals surface area contributed by atoms with Crippen molar-refractivity contribution in [3.63, 3.8) is 0 Å². The SMILES string of the molecule is Cc1ccc(C(=O)Oc2ccc([C@@H]3NC(=O)c4c(sc5c4CCN(C(C)C)C5)N3)cc2)cc1. The average molecular weight is 462 g/mol. The number of hydrogen-bond donors (Lipinski definition) is 2. The van der Waals surface area contributed by atoms with Crippen LogP contribution in [-0.2, 0) is 13.0 Å². The van der Waals surface area contributed by atoms with Gasteiger partial charge >= 0.3 is 5.97 Å². The Morgan fingerprint density at radius 1 is 1.09 bits per heavy atom. The maximum atomic E-state index is 13.0. The Kier molecular flexibility index (Phi) is 5.68. The number of nitrogens with one attached hydrogen (secondary N) is 2. The Morgan fingerprint density at radius 2 is 1.82 bits per heavy atom. The maximum Gasteiger partial charge on any atom is 0.343 e. The number of rotatable bonds is 4. The summed E-state index contributed by atoms with van der Waals surface area (Å²) >= 11 is 1.69. The zero-order chi connectivity index (χ0) is 23.1. The molecule has 6 nitrogen and oxygen atoms in total. The van der Waals surface area contributed by atoms with Crippen LogP contribution in [0.25, 0.3) is 0 Å². The van der Waals surface area contributed by atoms with Crippen LogP contribution < -0.4 is 15.4 Å². The van der Waals surface area contributed by atoms with Gasteiger partial charge in [0.1, 0.15) is 16.9 Å². The average Bonchev–Trinajstić information content (AvgIpc) is 3.18. The van der Waals surface area contributed by atoms with Crippen molar-refractivity contribution in [1.82, 2.24) is 10.2 Å². The molecule has 3 aromatic rings. The van der Waals surface area contributed by atoms with Gasteiger partial charge in [0.2, 0.25) is 0 Å². The molecular formula is C26H27N3O3S. The van der Waals surface area contributed by atoms with Crippen molar-refractivity contribution in [3.8, 4) is 5.75 Å². The summed E-state index contributed by atoms with van der Waals surface area (Å²) in [7, 11) is 0. The van der Waals surface area contributed by atoms with Crippen LogP contribution >= 0.6 is 11.3 Å². The zero-order valence-corrected chi connectivity index (χ0v) is 19.8. The quantitative estimate of drug-likeness (QED) is 0.427. The molecule has 5 rings (SSSR count). The van der Waals surface area contributed by atoms with E-state index in [2.05, 4.69) is 29.4 Å². The summed E-state index contributed by atoms with van der Waals surface area (Å²) < 4.78 is 5.50. The van der Waals surface area contributed by atoms with E-state index >= 15 is 0 Å². The summed E-state index contributed by atoms with van der Waals surface area (Å²) in [5.74, 6) is 0.0442. The van der Waals surface area contributed by atoms with Gasteiger partial charge in [0.05, 0.1) is 11.1 Å². The molecule has 0 saturated heterocycles. The van der Waals surface area contributed by atoms with Crippen LogP contribution in [0.3, 0.4) is 0 Å². The number of aryl methyl sites for hydroxylation is 1. The molecule has 0 radical (unpaired) electrons. The molecule has 0 fully saturated rings. The van der Waals surface area contributed by atoms with Crippen molar-refractivity contribution in [2.24, 2.45) is 0 Å². The fourth-order valence-electron chi connectivity index (χ4n) is 4.33. The summed E-state index contributed by atoms with van der Waals surface area (Å²) in [5, 5.41) is 7.52. The first-order valence-electron chi connectivity index (χ1n) is 11.2. The van der Waals surface area contributed by atoms with Gasteiger partial charge < -0.3 is 15.4 Å². The predicted molar refractivity (Wildman–Crippen MR) is 130 cm³/mol. The molecule has 2 aromatic carbocycles. The third kappa shape index (κ3) is 4.26. The van der Waals surface area contributed by atoms with Crippen molar-refractivity contribution < 1.29 is 14.3 Å². The van der Waals surface area contributed by atoms with E-state index in [1.54, 1.807) is 35.6 Å². The van der Waals surface area contributed by atoms with Crippen molar-refractivity contribution in [2.45, 2.75) is 45.9 Å². The van der Waals surface area contributed by atoms with Crippen LogP contribution in [0.1, 0.15) is 62.3 Å². The highest BCUT2D eigenvalue weighted by Gasteiger charge is 2.33. The van der Waals surface area contributed by atoms with Gasteiger partial charge in [-0.2, -0.15) is 0 Å². The highest BCUT2D eigenvalue weighted by atomic mass is 32.1. The van der Waals surface area contributed by atoms with E-state index in [1.807, 2.05) is 31.2 Å². The minimum Gasteiger partial charge on any atom is -0.423 e. The number of fused-ring (bicyclic) bond motifs is 3. The monoisotopic (exact) mass is 461 g/mol. The van der Waals surface area contributed by atoms with Crippen molar-refractivity contribution in [2.75, 3.05) is 11.9 Å². The highest BCUT2D eigenvalue weighted by molar-refractivity contribution is 7.16. The summed E-state index contributed by atoms with van der Waals surface area (Å²) in [5.41, 5.74) is 4.49. The molecular weight excluding hydrogens is 434 g/mol. The Balaban J connectivity index is 1.30. The molecule has 0 spiro atoms. The van der Waals surface area contributed by atoms with E-state index in [1.165, 1.54) is 10.4 Å².